The highest BCUT2D eigenvalue weighted by molar-refractivity contribution is 5.92. The third-order valence-corrected chi connectivity index (χ3v) is 6.29. The van der Waals surface area contributed by atoms with Gasteiger partial charge in [0.2, 0.25) is 17.7 Å². The number of rotatable bonds is 13. The van der Waals surface area contributed by atoms with Gasteiger partial charge in [0.15, 0.2) is 11.5 Å². The molecule has 0 aromatic heterocycles. The minimum Gasteiger partial charge on any atom is -0.504 e. The molecule has 1 aromatic carbocycles. The van der Waals surface area contributed by atoms with Gasteiger partial charge in [-0.15, -0.1) is 0 Å². The Morgan fingerprint density at radius 2 is 1.85 bits per heavy atom. The molecule has 1 aromatic rings. The van der Waals surface area contributed by atoms with Gasteiger partial charge in [-0.3, -0.25) is 14.4 Å². The molecule has 1 heterocycles. The normalized spacial score (nSPS) is 18.1. The van der Waals surface area contributed by atoms with Crippen LogP contribution in [0.25, 0.3) is 0 Å². The number of methoxy groups -OCH3 is 1. The number of aliphatic hydroxyl groups is 1. The number of amides is 3. The zero-order valence-corrected chi connectivity index (χ0v) is 24.0. The Morgan fingerprint density at radius 1 is 1.18 bits per heavy atom. The number of benzene rings is 1. The standard InChI is InChI=1S/C26H37N3O7.C3H6O/c1-16(27-23(32)14-26(2,3)35)24(33)29-20(12-18-9-10-22(36-4)21(31)13-18)25(34)28-19(15-30)11-17-7-5-6-8-17;1-3-2-4-3/h7,9-10,13,15-16,19-20,31,35H,5-6,8,11-12,14H2,1-4H3,(H,27,32)(H,28,34)(H,29,33);3H,2H2,1H3/t16?,19-,20?;/m0./s1. The lowest BCUT2D eigenvalue weighted by molar-refractivity contribution is -0.133. The Kier molecular flexibility index (Phi) is 12.6. The van der Waals surface area contributed by atoms with E-state index >= 15 is 0 Å². The summed E-state index contributed by atoms with van der Waals surface area (Å²) in [6.07, 6.45) is 6.41. The Labute approximate surface area is 235 Å². The van der Waals surface area contributed by atoms with Gasteiger partial charge in [-0.25, -0.2) is 0 Å². The topological polar surface area (TPSA) is 167 Å². The number of hydrogen-bond donors (Lipinski definition) is 5. The number of phenolic OH excluding ortho intramolecular Hbond substituents is 1. The van der Waals surface area contributed by atoms with E-state index in [-0.39, 0.29) is 24.3 Å². The molecule has 0 saturated carbocycles. The van der Waals surface area contributed by atoms with E-state index in [0.29, 0.717) is 24.4 Å². The fourth-order valence-electron chi connectivity index (χ4n) is 4.07. The average Bonchev–Trinajstić information content (AvgIpc) is 3.48. The maximum atomic E-state index is 13.2. The highest BCUT2D eigenvalue weighted by atomic mass is 16.6. The van der Waals surface area contributed by atoms with Crippen LogP contribution in [0, 0.1) is 0 Å². The maximum absolute atomic E-state index is 13.2. The van der Waals surface area contributed by atoms with Crippen molar-refractivity contribution in [2.24, 2.45) is 0 Å². The van der Waals surface area contributed by atoms with E-state index in [1.54, 1.807) is 12.1 Å². The van der Waals surface area contributed by atoms with Crippen LogP contribution < -0.4 is 20.7 Å². The molecule has 1 aliphatic carbocycles. The molecule has 1 aliphatic heterocycles. The highest BCUT2D eigenvalue weighted by Crippen LogP contribution is 2.27. The van der Waals surface area contributed by atoms with Crippen molar-refractivity contribution in [2.75, 3.05) is 13.7 Å². The quantitative estimate of drug-likeness (QED) is 0.138. The molecule has 0 spiro atoms. The zero-order valence-electron chi connectivity index (χ0n) is 24.0. The van der Waals surface area contributed by atoms with Crippen molar-refractivity contribution in [3.63, 3.8) is 0 Å². The van der Waals surface area contributed by atoms with Crippen LogP contribution in [0.1, 0.15) is 65.4 Å². The minimum atomic E-state index is -1.24. The number of allylic oxidation sites excluding steroid dienone is 1. The molecule has 11 heteroatoms. The van der Waals surface area contributed by atoms with E-state index in [1.165, 1.54) is 33.9 Å². The van der Waals surface area contributed by atoms with E-state index in [4.69, 9.17) is 9.47 Å². The van der Waals surface area contributed by atoms with Gasteiger partial charge >= 0.3 is 0 Å². The number of nitrogens with one attached hydrogen (secondary N) is 3. The molecule has 0 radical (unpaired) electrons. The second kappa shape index (κ2) is 15.4. The lowest BCUT2D eigenvalue weighted by Gasteiger charge is -2.24. The molecule has 4 atom stereocenters. The summed E-state index contributed by atoms with van der Waals surface area (Å²) in [5, 5.41) is 27.8. The number of carbonyl (C=O) groups excluding carboxylic acids is 4. The van der Waals surface area contributed by atoms with Crippen LogP contribution in [-0.2, 0) is 30.3 Å². The van der Waals surface area contributed by atoms with Crippen LogP contribution in [0.3, 0.4) is 0 Å². The third-order valence-electron chi connectivity index (χ3n) is 6.29. The zero-order chi connectivity index (χ0) is 29.9. The first-order valence-electron chi connectivity index (χ1n) is 13.5. The summed E-state index contributed by atoms with van der Waals surface area (Å²) >= 11 is 0. The fraction of sp³-hybridized carbons (Fsp3) is 0.586. The summed E-state index contributed by atoms with van der Waals surface area (Å²) in [6.45, 7) is 7.46. The van der Waals surface area contributed by atoms with Crippen molar-refractivity contribution in [1.29, 1.82) is 0 Å². The van der Waals surface area contributed by atoms with E-state index in [0.717, 1.165) is 31.4 Å². The summed E-state index contributed by atoms with van der Waals surface area (Å²) in [6, 6.07) is 1.82. The fourth-order valence-corrected chi connectivity index (χ4v) is 4.07. The van der Waals surface area contributed by atoms with Gasteiger partial charge in [-0.05, 0) is 71.1 Å². The van der Waals surface area contributed by atoms with Crippen molar-refractivity contribution in [2.45, 2.75) is 96.1 Å². The summed E-state index contributed by atoms with van der Waals surface area (Å²) < 4.78 is 9.76. The molecule has 2 aliphatic rings. The van der Waals surface area contributed by atoms with Crippen LogP contribution in [0.5, 0.6) is 11.5 Å². The van der Waals surface area contributed by atoms with Gasteiger partial charge in [0.25, 0.3) is 0 Å². The Balaban J connectivity index is 0.00000128. The average molecular weight is 562 g/mol. The molecular formula is C29H43N3O8. The van der Waals surface area contributed by atoms with E-state index in [9.17, 15) is 29.4 Å². The molecule has 5 N–H and O–H groups in total. The van der Waals surface area contributed by atoms with Crippen LogP contribution in [0.15, 0.2) is 29.8 Å². The summed E-state index contributed by atoms with van der Waals surface area (Å²) in [4.78, 5) is 49.8. The molecule has 3 rings (SSSR count). The molecule has 0 bridgehead atoms. The molecule has 3 unspecified atom stereocenters. The van der Waals surface area contributed by atoms with Crippen molar-refractivity contribution < 1.29 is 38.9 Å². The van der Waals surface area contributed by atoms with Crippen molar-refractivity contribution in [3.8, 4) is 11.5 Å². The summed E-state index contributed by atoms with van der Waals surface area (Å²) in [5.41, 5.74) is 0.419. The van der Waals surface area contributed by atoms with Gasteiger partial charge in [0.05, 0.1) is 37.9 Å². The lowest BCUT2D eigenvalue weighted by atomic mass is 10.0. The summed E-state index contributed by atoms with van der Waals surface area (Å²) in [7, 11) is 1.41. The minimum absolute atomic E-state index is 0.0216. The Morgan fingerprint density at radius 3 is 2.35 bits per heavy atom. The van der Waals surface area contributed by atoms with Gasteiger partial charge in [0.1, 0.15) is 18.4 Å². The van der Waals surface area contributed by atoms with Crippen molar-refractivity contribution >= 4 is 24.0 Å². The van der Waals surface area contributed by atoms with Crippen LogP contribution >= 0.6 is 0 Å². The van der Waals surface area contributed by atoms with Crippen molar-refractivity contribution in [3.05, 3.63) is 35.4 Å². The second-order valence-electron chi connectivity index (χ2n) is 10.9. The monoisotopic (exact) mass is 561 g/mol. The van der Waals surface area contributed by atoms with Gasteiger partial charge in [-0.1, -0.05) is 17.7 Å². The van der Waals surface area contributed by atoms with E-state index in [2.05, 4.69) is 29.0 Å². The molecule has 11 nitrogen and oxygen atoms in total. The number of ether oxygens (including phenoxy) is 2. The third kappa shape index (κ3) is 12.2. The number of aldehydes is 1. The van der Waals surface area contributed by atoms with E-state index < -0.39 is 41.4 Å². The molecular weight excluding hydrogens is 518 g/mol. The second-order valence-corrected chi connectivity index (χ2v) is 10.9. The number of phenols is 1. The van der Waals surface area contributed by atoms with Gasteiger partial charge < -0.3 is 40.4 Å². The first-order valence-corrected chi connectivity index (χ1v) is 13.5. The number of carbonyl (C=O) groups is 4. The van der Waals surface area contributed by atoms with Gasteiger partial charge in [-0.2, -0.15) is 0 Å². The van der Waals surface area contributed by atoms with E-state index in [1.807, 2.05) is 0 Å². The lowest BCUT2D eigenvalue weighted by Crippen LogP contribution is -2.55. The maximum Gasteiger partial charge on any atom is 0.243 e. The first kappa shape index (κ1) is 32.8. The molecule has 3 amide bonds. The molecule has 1 saturated heterocycles. The van der Waals surface area contributed by atoms with Gasteiger partial charge in [0, 0.05) is 6.42 Å². The number of aromatic hydroxyl groups is 1. The SMILES string of the molecule is CC1CO1.COc1ccc(CC(NC(=O)C(C)NC(=O)CC(C)(C)O)C(=O)N[C@H](C=O)CC2=CCCC2)cc1O. The Bertz CT molecular complexity index is 1060. The first-order chi connectivity index (χ1) is 18.8. The number of hydrogen-bond acceptors (Lipinski definition) is 8. The summed E-state index contributed by atoms with van der Waals surface area (Å²) in [5.74, 6) is -1.55. The predicted molar refractivity (Wildman–Crippen MR) is 149 cm³/mol. The van der Waals surface area contributed by atoms with Crippen LogP contribution in [-0.4, -0.2) is 77.8 Å². The molecule has 1 fully saturated rings. The predicted octanol–water partition coefficient (Wildman–Crippen LogP) is 1.68. The Hall–Kier alpha value is -3.44. The molecule has 40 heavy (non-hydrogen) atoms. The molecule has 222 valence electrons. The number of epoxide rings is 1. The highest BCUT2D eigenvalue weighted by Gasteiger charge is 2.28. The van der Waals surface area contributed by atoms with Crippen LogP contribution in [0.4, 0.5) is 0 Å². The largest absolute Gasteiger partial charge is 0.504 e. The van der Waals surface area contributed by atoms with Crippen LogP contribution in [0.2, 0.25) is 0 Å². The van der Waals surface area contributed by atoms with Crippen molar-refractivity contribution in [1.82, 2.24) is 16.0 Å². The smallest absolute Gasteiger partial charge is 0.243 e.